The summed E-state index contributed by atoms with van der Waals surface area (Å²) in [4.78, 5) is 10.6. The van der Waals surface area contributed by atoms with Crippen LogP contribution in [0.25, 0.3) is 0 Å². The van der Waals surface area contributed by atoms with Gasteiger partial charge in [-0.3, -0.25) is 4.79 Å². The van der Waals surface area contributed by atoms with Crippen molar-refractivity contribution in [2.75, 3.05) is 0 Å². The monoisotopic (exact) mass is 263 g/mol. The molecule has 3 N–H and O–H groups in total. The number of aliphatic carboxylic acids is 1. The van der Waals surface area contributed by atoms with E-state index in [1.807, 2.05) is 12.1 Å². The van der Waals surface area contributed by atoms with Gasteiger partial charge in [-0.15, -0.1) is 0 Å². The number of para-hydroxylation sites is 1. The predicted octanol–water partition coefficient (Wildman–Crippen LogP) is 2.65. The summed E-state index contributed by atoms with van der Waals surface area (Å²) < 4.78 is 6.05. The van der Waals surface area contributed by atoms with Gasteiger partial charge in [-0.1, -0.05) is 18.2 Å². The van der Waals surface area contributed by atoms with Crippen molar-refractivity contribution in [3.8, 4) is 5.75 Å². The molecular weight excluding hydrogens is 242 g/mol. The molecule has 0 aliphatic carbocycles. The van der Waals surface area contributed by atoms with E-state index in [9.17, 15) is 4.79 Å². The van der Waals surface area contributed by atoms with Gasteiger partial charge in [-0.25, -0.2) is 0 Å². The lowest BCUT2D eigenvalue weighted by Gasteiger charge is -2.34. The summed E-state index contributed by atoms with van der Waals surface area (Å²) in [6.07, 6.45) is 2.46. The van der Waals surface area contributed by atoms with Gasteiger partial charge in [0.05, 0.1) is 0 Å². The number of carboxylic acids is 1. The number of rotatable bonds is 4. The van der Waals surface area contributed by atoms with Gasteiger partial charge in [0.25, 0.3) is 0 Å². The van der Waals surface area contributed by atoms with Crippen molar-refractivity contribution in [3.63, 3.8) is 0 Å². The van der Waals surface area contributed by atoms with Crippen LogP contribution in [-0.2, 0) is 11.2 Å². The van der Waals surface area contributed by atoms with E-state index in [1.54, 1.807) is 0 Å². The lowest BCUT2D eigenvalue weighted by Crippen LogP contribution is -2.33. The molecule has 1 atom stereocenters. The molecule has 1 aliphatic heterocycles. The van der Waals surface area contributed by atoms with Crippen LogP contribution in [0.1, 0.15) is 50.3 Å². The number of ether oxygens (including phenoxy) is 1. The van der Waals surface area contributed by atoms with E-state index in [0.29, 0.717) is 6.42 Å². The van der Waals surface area contributed by atoms with Crippen molar-refractivity contribution in [1.82, 2.24) is 0 Å². The minimum absolute atomic E-state index is 0.0776. The molecule has 4 nitrogen and oxygen atoms in total. The van der Waals surface area contributed by atoms with Crippen LogP contribution < -0.4 is 10.5 Å². The topological polar surface area (TPSA) is 72.6 Å². The van der Waals surface area contributed by atoms with Crippen molar-refractivity contribution >= 4 is 5.97 Å². The Morgan fingerprint density at radius 2 is 2.26 bits per heavy atom. The molecule has 4 heteroatoms. The third-order valence-electron chi connectivity index (χ3n) is 3.57. The average molecular weight is 263 g/mol. The van der Waals surface area contributed by atoms with Crippen LogP contribution in [0.4, 0.5) is 0 Å². The first-order valence-corrected chi connectivity index (χ1v) is 6.67. The van der Waals surface area contributed by atoms with Gasteiger partial charge in [0.2, 0.25) is 0 Å². The number of hydrogen-bond donors (Lipinski definition) is 2. The lowest BCUT2D eigenvalue weighted by molar-refractivity contribution is -0.137. The largest absolute Gasteiger partial charge is 0.487 e. The summed E-state index contributed by atoms with van der Waals surface area (Å²) in [5, 5.41) is 8.74. The highest BCUT2D eigenvalue weighted by molar-refractivity contribution is 5.66. The lowest BCUT2D eigenvalue weighted by atomic mass is 9.90. The Labute approximate surface area is 113 Å². The minimum atomic E-state index is -0.818. The Kier molecular flexibility index (Phi) is 3.80. The molecule has 0 aromatic heterocycles. The Morgan fingerprint density at radius 1 is 1.53 bits per heavy atom. The van der Waals surface area contributed by atoms with E-state index in [4.69, 9.17) is 15.6 Å². The number of fused-ring (bicyclic) bond motifs is 1. The van der Waals surface area contributed by atoms with Gasteiger partial charge in [-0.2, -0.15) is 0 Å². The Bertz CT molecular complexity index is 482. The molecule has 0 spiro atoms. The van der Waals surface area contributed by atoms with Gasteiger partial charge >= 0.3 is 5.97 Å². The fourth-order valence-electron chi connectivity index (χ4n) is 2.42. The molecular formula is C15H21NO3. The number of carboxylic acid groups (broad SMARTS) is 1. The average Bonchev–Trinajstić information content (AvgIpc) is 2.34. The summed E-state index contributed by atoms with van der Waals surface area (Å²) in [7, 11) is 0. The van der Waals surface area contributed by atoms with Crippen LogP contribution in [0.3, 0.4) is 0 Å². The van der Waals surface area contributed by atoms with Crippen molar-refractivity contribution in [2.45, 2.75) is 51.2 Å². The summed E-state index contributed by atoms with van der Waals surface area (Å²) in [6, 6.07) is 5.67. The second kappa shape index (κ2) is 5.21. The standard InChI is InChI=1S/C15H21NO3/c1-15(2)9-8-10-4-3-5-11(14(10)19-15)12(16)6-7-13(17)18/h3-5,12H,6-9,16H2,1-2H3,(H,17,18). The first-order valence-electron chi connectivity index (χ1n) is 6.67. The van der Waals surface area contributed by atoms with Crippen molar-refractivity contribution in [3.05, 3.63) is 29.3 Å². The summed E-state index contributed by atoms with van der Waals surface area (Å²) in [5.74, 6) is 0.0399. The van der Waals surface area contributed by atoms with E-state index in [-0.39, 0.29) is 18.1 Å². The molecule has 0 saturated carbocycles. The summed E-state index contributed by atoms with van der Waals surface area (Å²) >= 11 is 0. The third kappa shape index (κ3) is 3.26. The normalized spacial score (nSPS) is 18.3. The van der Waals surface area contributed by atoms with Gasteiger partial charge in [-0.05, 0) is 38.7 Å². The molecule has 0 amide bonds. The molecule has 1 heterocycles. The van der Waals surface area contributed by atoms with E-state index in [2.05, 4.69) is 19.9 Å². The molecule has 1 aromatic carbocycles. The summed E-state index contributed by atoms with van der Waals surface area (Å²) in [6.45, 7) is 4.13. The molecule has 104 valence electrons. The Hall–Kier alpha value is -1.55. The van der Waals surface area contributed by atoms with E-state index in [1.165, 1.54) is 5.56 Å². The maximum atomic E-state index is 10.6. The highest BCUT2D eigenvalue weighted by Crippen LogP contribution is 2.38. The molecule has 1 unspecified atom stereocenters. The van der Waals surface area contributed by atoms with Crippen molar-refractivity contribution in [2.24, 2.45) is 5.73 Å². The van der Waals surface area contributed by atoms with Crippen LogP contribution in [0, 0.1) is 0 Å². The molecule has 0 saturated heterocycles. The second-order valence-corrected chi connectivity index (χ2v) is 5.74. The number of nitrogens with two attached hydrogens (primary N) is 1. The van der Waals surface area contributed by atoms with Crippen LogP contribution in [0.15, 0.2) is 18.2 Å². The smallest absolute Gasteiger partial charge is 0.303 e. The van der Waals surface area contributed by atoms with Gasteiger partial charge in [0, 0.05) is 18.0 Å². The van der Waals surface area contributed by atoms with Gasteiger partial charge in [0.1, 0.15) is 11.4 Å². The molecule has 1 aromatic rings. The van der Waals surface area contributed by atoms with E-state index < -0.39 is 5.97 Å². The van der Waals surface area contributed by atoms with Gasteiger partial charge < -0.3 is 15.6 Å². The predicted molar refractivity (Wildman–Crippen MR) is 73.3 cm³/mol. The summed E-state index contributed by atoms with van der Waals surface area (Å²) in [5.41, 5.74) is 8.02. The fourth-order valence-corrected chi connectivity index (χ4v) is 2.42. The highest BCUT2D eigenvalue weighted by atomic mass is 16.5. The number of aryl methyl sites for hydroxylation is 1. The Balaban J connectivity index is 2.24. The SMILES string of the molecule is CC1(C)CCc2cccc(C(N)CCC(=O)O)c2O1. The zero-order valence-electron chi connectivity index (χ0n) is 11.5. The van der Waals surface area contributed by atoms with Crippen molar-refractivity contribution < 1.29 is 14.6 Å². The maximum Gasteiger partial charge on any atom is 0.303 e. The molecule has 0 fully saturated rings. The minimum Gasteiger partial charge on any atom is -0.487 e. The molecule has 0 bridgehead atoms. The number of carbonyl (C=O) groups is 1. The number of hydrogen-bond acceptors (Lipinski definition) is 3. The van der Waals surface area contributed by atoms with E-state index in [0.717, 1.165) is 24.2 Å². The van der Waals surface area contributed by atoms with Crippen LogP contribution in [0.2, 0.25) is 0 Å². The maximum absolute atomic E-state index is 10.6. The van der Waals surface area contributed by atoms with Crippen LogP contribution >= 0.6 is 0 Å². The number of benzene rings is 1. The van der Waals surface area contributed by atoms with E-state index >= 15 is 0 Å². The first kappa shape index (κ1) is 13.9. The first-order chi connectivity index (χ1) is 8.89. The molecule has 1 aliphatic rings. The van der Waals surface area contributed by atoms with Gasteiger partial charge in [0.15, 0.2) is 0 Å². The zero-order valence-corrected chi connectivity index (χ0v) is 11.5. The zero-order chi connectivity index (χ0) is 14.0. The third-order valence-corrected chi connectivity index (χ3v) is 3.57. The van der Waals surface area contributed by atoms with Crippen molar-refractivity contribution in [1.29, 1.82) is 0 Å². The second-order valence-electron chi connectivity index (χ2n) is 5.74. The molecule has 19 heavy (non-hydrogen) atoms. The Morgan fingerprint density at radius 3 is 2.95 bits per heavy atom. The quantitative estimate of drug-likeness (QED) is 0.876. The highest BCUT2D eigenvalue weighted by Gasteiger charge is 2.29. The van der Waals surface area contributed by atoms with Crippen LogP contribution in [-0.4, -0.2) is 16.7 Å². The van der Waals surface area contributed by atoms with Crippen LogP contribution in [0.5, 0.6) is 5.75 Å². The fraction of sp³-hybridized carbons (Fsp3) is 0.533. The molecule has 0 radical (unpaired) electrons. The molecule has 2 rings (SSSR count).